The van der Waals surface area contributed by atoms with Crippen molar-refractivity contribution in [1.29, 1.82) is 10.7 Å². The van der Waals surface area contributed by atoms with Crippen molar-refractivity contribution in [1.82, 2.24) is 9.55 Å². The summed E-state index contributed by atoms with van der Waals surface area (Å²) < 4.78 is 2.24. The maximum atomic E-state index is 8.78. The Morgan fingerprint density at radius 1 is 1.41 bits per heavy atom. The number of aryl methyl sites for hydroxylation is 1. The van der Waals surface area contributed by atoms with E-state index in [1.54, 1.807) is 6.07 Å². The number of fused-ring (bicyclic) bond motifs is 1. The summed E-state index contributed by atoms with van der Waals surface area (Å²) >= 11 is 0. The third kappa shape index (κ3) is 2.54. The number of imidazole rings is 1. The van der Waals surface area contributed by atoms with Crippen molar-refractivity contribution in [2.75, 3.05) is 5.43 Å². The number of aromatic nitrogens is 2. The van der Waals surface area contributed by atoms with E-state index < -0.39 is 0 Å². The summed E-state index contributed by atoms with van der Waals surface area (Å²) in [4.78, 5) is 4.44. The van der Waals surface area contributed by atoms with Crippen LogP contribution in [0.3, 0.4) is 0 Å². The Labute approximate surface area is 127 Å². The molecular formula is C15H15N7. The van der Waals surface area contributed by atoms with E-state index in [0.29, 0.717) is 0 Å². The number of hydrogen-bond acceptors (Lipinski definition) is 5. The number of amidine groups is 1. The van der Waals surface area contributed by atoms with Crippen LogP contribution < -0.4 is 11.2 Å². The van der Waals surface area contributed by atoms with Crippen LogP contribution in [0.1, 0.15) is 12.2 Å². The van der Waals surface area contributed by atoms with Gasteiger partial charge in [0.2, 0.25) is 5.71 Å². The van der Waals surface area contributed by atoms with Crippen molar-refractivity contribution >= 4 is 17.2 Å². The van der Waals surface area contributed by atoms with Crippen molar-refractivity contribution in [2.24, 2.45) is 10.8 Å². The SMILES string of the molecule is N#C/C(=N\Nc1ccc(-c2cnc3n2CCC3)cc1)C(=N)N. The highest BCUT2D eigenvalue weighted by Crippen LogP contribution is 2.26. The second-order valence-corrected chi connectivity index (χ2v) is 4.99. The average molecular weight is 293 g/mol. The van der Waals surface area contributed by atoms with Gasteiger partial charge >= 0.3 is 0 Å². The zero-order chi connectivity index (χ0) is 15.5. The average Bonchev–Trinajstić information content (AvgIpc) is 3.11. The van der Waals surface area contributed by atoms with E-state index >= 15 is 0 Å². The highest BCUT2D eigenvalue weighted by molar-refractivity contribution is 6.45. The zero-order valence-corrected chi connectivity index (χ0v) is 11.9. The van der Waals surface area contributed by atoms with Crippen molar-refractivity contribution in [3.8, 4) is 17.3 Å². The lowest BCUT2D eigenvalue weighted by Gasteiger charge is -2.06. The molecule has 110 valence electrons. The molecule has 7 heteroatoms. The molecule has 3 rings (SSSR count). The maximum absolute atomic E-state index is 8.78. The fourth-order valence-corrected chi connectivity index (χ4v) is 2.47. The van der Waals surface area contributed by atoms with Crippen LogP contribution in [-0.4, -0.2) is 21.1 Å². The van der Waals surface area contributed by atoms with Crippen LogP contribution in [0.5, 0.6) is 0 Å². The first-order valence-corrected chi connectivity index (χ1v) is 6.92. The molecule has 0 bridgehead atoms. The smallest absolute Gasteiger partial charge is 0.201 e. The van der Waals surface area contributed by atoms with Crippen LogP contribution in [0.4, 0.5) is 5.69 Å². The quantitative estimate of drug-likeness (QED) is 0.452. The van der Waals surface area contributed by atoms with Gasteiger partial charge in [-0.05, 0) is 24.1 Å². The molecule has 0 radical (unpaired) electrons. The molecule has 0 aliphatic carbocycles. The van der Waals surface area contributed by atoms with Crippen molar-refractivity contribution in [3.63, 3.8) is 0 Å². The van der Waals surface area contributed by atoms with E-state index in [1.807, 2.05) is 30.5 Å². The molecule has 1 aliphatic heterocycles. The lowest BCUT2D eigenvalue weighted by atomic mass is 10.1. The Morgan fingerprint density at radius 2 is 2.18 bits per heavy atom. The summed E-state index contributed by atoms with van der Waals surface area (Å²) in [6.07, 6.45) is 4.08. The van der Waals surface area contributed by atoms with Gasteiger partial charge in [0.1, 0.15) is 11.9 Å². The summed E-state index contributed by atoms with van der Waals surface area (Å²) in [5.41, 5.74) is 10.7. The topological polar surface area (TPSA) is 116 Å². The third-order valence-electron chi connectivity index (χ3n) is 3.56. The lowest BCUT2D eigenvalue weighted by molar-refractivity contribution is 0.756. The van der Waals surface area contributed by atoms with E-state index in [4.69, 9.17) is 16.4 Å². The van der Waals surface area contributed by atoms with Gasteiger partial charge in [-0.1, -0.05) is 12.1 Å². The molecule has 2 heterocycles. The minimum absolute atomic E-state index is 0.141. The van der Waals surface area contributed by atoms with Gasteiger partial charge in [-0.15, -0.1) is 0 Å². The largest absolute Gasteiger partial charge is 0.382 e. The normalized spacial score (nSPS) is 13.5. The molecule has 4 N–H and O–H groups in total. The zero-order valence-electron chi connectivity index (χ0n) is 11.9. The minimum atomic E-state index is -0.360. The molecular weight excluding hydrogens is 278 g/mol. The van der Waals surface area contributed by atoms with Crippen LogP contribution >= 0.6 is 0 Å². The molecule has 0 saturated carbocycles. The molecule has 2 aromatic rings. The van der Waals surface area contributed by atoms with Gasteiger partial charge in [0.25, 0.3) is 0 Å². The van der Waals surface area contributed by atoms with Crippen LogP contribution in [0, 0.1) is 16.7 Å². The summed E-state index contributed by atoms with van der Waals surface area (Å²) in [6.45, 7) is 1.01. The summed E-state index contributed by atoms with van der Waals surface area (Å²) in [5.74, 6) is 0.781. The first-order chi connectivity index (χ1) is 10.7. The van der Waals surface area contributed by atoms with Gasteiger partial charge in [0.05, 0.1) is 17.6 Å². The highest BCUT2D eigenvalue weighted by atomic mass is 15.3. The van der Waals surface area contributed by atoms with E-state index in [0.717, 1.165) is 42.2 Å². The Morgan fingerprint density at radius 3 is 2.86 bits per heavy atom. The second-order valence-electron chi connectivity index (χ2n) is 4.99. The number of nitriles is 1. The first kappa shape index (κ1) is 13.8. The van der Waals surface area contributed by atoms with E-state index in [2.05, 4.69) is 20.1 Å². The molecule has 1 aromatic heterocycles. The molecule has 0 amide bonds. The molecule has 1 aliphatic rings. The predicted octanol–water partition coefficient (Wildman–Crippen LogP) is 1.72. The monoisotopic (exact) mass is 293 g/mol. The molecule has 7 nitrogen and oxygen atoms in total. The highest BCUT2D eigenvalue weighted by Gasteiger charge is 2.16. The van der Waals surface area contributed by atoms with Crippen molar-refractivity contribution in [2.45, 2.75) is 19.4 Å². The van der Waals surface area contributed by atoms with Crippen LogP contribution in [0.2, 0.25) is 0 Å². The fraction of sp³-hybridized carbons (Fsp3) is 0.200. The number of hydrazone groups is 1. The van der Waals surface area contributed by atoms with Gasteiger partial charge in [-0.2, -0.15) is 10.4 Å². The standard InChI is InChI=1S/C15H15N7/c16-8-12(15(17)18)21-20-11-5-3-10(4-6-11)13-9-19-14-2-1-7-22(13)14/h3-6,9,20H,1-2,7H2,(H3,17,18)/b21-12+. The number of hydrogen-bond donors (Lipinski definition) is 3. The molecule has 0 unspecified atom stereocenters. The van der Waals surface area contributed by atoms with Gasteiger partial charge < -0.3 is 10.3 Å². The van der Waals surface area contributed by atoms with Gasteiger partial charge in [0, 0.05) is 13.0 Å². The fourth-order valence-electron chi connectivity index (χ4n) is 2.47. The van der Waals surface area contributed by atoms with Crippen LogP contribution in [-0.2, 0) is 13.0 Å². The van der Waals surface area contributed by atoms with E-state index in [-0.39, 0.29) is 11.5 Å². The Bertz CT molecular complexity index is 777. The maximum Gasteiger partial charge on any atom is 0.201 e. The van der Waals surface area contributed by atoms with Crippen LogP contribution in [0.25, 0.3) is 11.3 Å². The third-order valence-corrected chi connectivity index (χ3v) is 3.56. The van der Waals surface area contributed by atoms with Gasteiger partial charge in [-0.25, -0.2) is 4.98 Å². The Balaban J connectivity index is 1.79. The number of nitrogens with zero attached hydrogens (tertiary/aromatic N) is 4. The number of rotatable bonds is 4. The predicted molar refractivity (Wildman–Crippen MR) is 84.6 cm³/mol. The molecule has 0 atom stereocenters. The van der Waals surface area contributed by atoms with Crippen LogP contribution in [0.15, 0.2) is 35.6 Å². The number of anilines is 1. The Hall–Kier alpha value is -3.14. The van der Waals surface area contributed by atoms with Crippen molar-refractivity contribution < 1.29 is 0 Å². The number of nitrogens with two attached hydrogens (primary N) is 1. The van der Waals surface area contributed by atoms with E-state index in [1.165, 1.54) is 0 Å². The molecule has 0 fully saturated rings. The second kappa shape index (κ2) is 5.69. The summed E-state index contributed by atoms with van der Waals surface area (Å²) in [5, 5.41) is 19.8. The van der Waals surface area contributed by atoms with E-state index in [9.17, 15) is 0 Å². The molecule has 1 aromatic carbocycles. The number of benzene rings is 1. The first-order valence-electron chi connectivity index (χ1n) is 6.92. The lowest BCUT2D eigenvalue weighted by Crippen LogP contribution is -2.21. The van der Waals surface area contributed by atoms with Crippen molar-refractivity contribution in [3.05, 3.63) is 36.3 Å². The minimum Gasteiger partial charge on any atom is -0.382 e. The molecule has 22 heavy (non-hydrogen) atoms. The molecule has 0 spiro atoms. The summed E-state index contributed by atoms with van der Waals surface area (Å²) in [6, 6.07) is 9.43. The van der Waals surface area contributed by atoms with Gasteiger partial charge in [-0.3, -0.25) is 10.8 Å². The van der Waals surface area contributed by atoms with Gasteiger partial charge in [0.15, 0.2) is 5.84 Å². The Kier molecular flexibility index (Phi) is 3.58. The molecule has 0 saturated heterocycles. The number of nitrogens with one attached hydrogen (secondary N) is 2. The summed E-state index contributed by atoms with van der Waals surface area (Å²) in [7, 11) is 0.